The van der Waals surface area contributed by atoms with Crippen LogP contribution in [0.25, 0.3) is 0 Å². The number of nitrogens with two attached hydrogens (primary N) is 1. The van der Waals surface area contributed by atoms with Gasteiger partial charge in [-0.05, 0) is 12.1 Å². The largest absolute Gasteiger partial charge is 0.409 e. The van der Waals surface area contributed by atoms with E-state index in [1.165, 1.54) is 0 Å². The number of morpholine rings is 1. The molecule has 1 atom stereocenters. The van der Waals surface area contributed by atoms with Crippen molar-refractivity contribution in [3.8, 4) is 0 Å². The fraction of sp³-hybridized carbons (Fsp3) is 0.455. The molecule has 1 saturated heterocycles. The molecule has 1 aliphatic rings. The minimum Gasteiger partial charge on any atom is -0.409 e. The topological polar surface area (TPSA) is 104 Å². The first-order valence-electron chi connectivity index (χ1n) is 5.66. The van der Waals surface area contributed by atoms with Crippen LogP contribution in [0.5, 0.6) is 0 Å². The van der Waals surface area contributed by atoms with E-state index in [0.717, 1.165) is 12.4 Å². The third-order valence-electron chi connectivity index (χ3n) is 2.82. The lowest BCUT2D eigenvalue weighted by molar-refractivity contribution is 0.00336. The van der Waals surface area contributed by atoms with Crippen LogP contribution in [0.3, 0.4) is 0 Å². The van der Waals surface area contributed by atoms with Crippen molar-refractivity contribution in [3.05, 3.63) is 23.9 Å². The van der Waals surface area contributed by atoms with E-state index in [2.05, 4.69) is 10.1 Å². The van der Waals surface area contributed by atoms with Crippen LogP contribution in [0.4, 0.5) is 5.82 Å². The van der Waals surface area contributed by atoms with E-state index in [1.807, 2.05) is 4.90 Å². The van der Waals surface area contributed by atoms with Crippen molar-refractivity contribution in [2.75, 3.05) is 31.2 Å². The number of aliphatic hydroxyl groups is 1. The molecule has 2 rings (SSSR count). The van der Waals surface area contributed by atoms with Gasteiger partial charge in [-0.15, -0.1) is 0 Å². The van der Waals surface area contributed by atoms with Gasteiger partial charge in [-0.25, -0.2) is 4.98 Å². The molecule has 0 aliphatic carbocycles. The first-order chi connectivity index (χ1) is 8.74. The minimum atomic E-state index is -0.177. The van der Waals surface area contributed by atoms with Gasteiger partial charge in [-0.3, -0.25) is 0 Å². The first-order valence-corrected chi connectivity index (χ1v) is 5.66. The Balaban J connectivity index is 2.09. The Labute approximate surface area is 104 Å². The number of pyridine rings is 1. The van der Waals surface area contributed by atoms with E-state index in [-0.39, 0.29) is 18.5 Å². The molecule has 1 aromatic rings. The van der Waals surface area contributed by atoms with Gasteiger partial charge in [-0.1, -0.05) is 5.16 Å². The molecule has 18 heavy (non-hydrogen) atoms. The molecule has 7 heteroatoms. The number of ether oxygens (including phenoxy) is 1. The third-order valence-corrected chi connectivity index (χ3v) is 2.82. The Morgan fingerprint density at radius 1 is 1.61 bits per heavy atom. The molecule has 1 aromatic heterocycles. The number of anilines is 1. The number of amidine groups is 1. The fourth-order valence-corrected chi connectivity index (χ4v) is 1.82. The van der Waals surface area contributed by atoms with Crippen molar-refractivity contribution < 1.29 is 15.1 Å². The first kappa shape index (κ1) is 12.6. The highest BCUT2D eigenvalue weighted by atomic mass is 16.5. The number of aromatic nitrogens is 1. The standard InChI is InChI=1S/C11H16N4O3/c12-11(14-17)8-1-2-10(13-5-8)15-3-4-18-9(6-15)7-16/h1-2,5,9,16-17H,3-4,6-7H2,(H2,12,14). The van der Waals surface area contributed by atoms with Crippen LogP contribution in [0.2, 0.25) is 0 Å². The molecule has 1 fully saturated rings. The second-order valence-electron chi connectivity index (χ2n) is 4.01. The SMILES string of the molecule is N/C(=N/O)c1ccc(N2CCOC(CO)C2)nc1. The molecule has 1 aliphatic heterocycles. The normalized spacial score (nSPS) is 21.1. The summed E-state index contributed by atoms with van der Waals surface area (Å²) in [5.74, 6) is 0.815. The Morgan fingerprint density at radius 2 is 2.44 bits per heavy atom. The van der Waals surface area contributed by atoms with Crippen molar-refractivity contribution in [2.24, 2.45) is 10.9 Å². The predicted molar refractivity (Wildman–Crippen MR) is 65.8 cm³/mol. The molecule has 0 amide bonds. The van der Waals surface area contributed by atoms with Gasteiger partial charge in [0.2, 0.25) is 0 Å². The van der Waals surface area contributed by atoms with Gasteiger partial charge >= 0.3 is 0 Å². The van der Waals surface area contributed by atoms with Crippen LogP contribution >= 0.6 is 0 Å². The van der Waals surface area contributed by atoms with Crippen molar-refractivity contribution in [1.29, 1.82) is 0 Å². The second kappa shape index (κ2) is 5.65. The van der Waals surface area contributed by atoms with E-state index in [1.54, 1.807) is 18.3 Å². The summed E-state index contributed by atoms with van der Waals surface area (Å²) in [6, 6.07) is 3.54. The van der Waals surface area contributed by atoms with E-state index in [9.17, 15) is 0 Å². The average Bonchev–Trinajstić information content (AvgIpc) is 2.46. The van der Waals surface area contributed by atoms with Gasteiger partial charge in [0.05, 0.1) is 19.3 Å². The zero-order chi connectivity index (χ0) is 13.0. The van der Waals surface area contributed by atoms with Gasteiger partial charge in [-0.2, -0.15) is 0 Å². The van der Waals surface area contributed by atoms with Crippen LogP contribution < -0.4 is 10.6 Å². The smallest absolute Gasteiger partial charge is 0.171 e. The highest BCUT2D eigenvalue weighted by Gasteiger charge is 2.20. The van der Waals surface area contributed by atoms with Crippen LogP contribution in [-0.4, -0.2) is 53.5 Å². The lowest BCUT2D eigenvalue weighted by Crippen LogP contribution is -2.44. The van der Waals surface area contributed by atoms with E-state index < -0.39 is 0 Å². The quantitative estimate of drug-likeness (QED) is 0.286. The molecule has 0 saturated carbocycles. The monoisotopic (exact) mass is 252 g/mol. The molecule has 7 nitrogen and oxygen atoms in total. The third kappa shape index (κ3) is 2.69. The van der Waals surface area contributed by atoms with Gasteiger partial charge in [0.1, 0.15) is 5.82 Å². The van der Waals surface area contributed by atoms with Gasteiger partial charge < -0.3 is 25.7 Å². The molecule has 4 N–H and O–H groups in total. The molecule has 0 spiro atoms. The summed E-state index contributed by atoms with van der Waals surface area (Å²) in [7, 11) is 0. The van der Waals surface area contributed by atoms with E-state index in [0.29, 0.717) is 18.7 Å². The van der Waals surface area contributed by atoms with Gasteiger partial charge in [0.15, 0.2) is 5.84 Å². The van der Waals surface area contributed by atoms with Crippen LogP contribution in [0, 0.1) is 0 Å². The summed E-state index contributed by atoms with van der Waals surface area (Å²) in [6.45, 7) is 1.90. The Morgan fingerprint density at radius 3 is 3.06 bits per heavy atom. The van der Waals surface area contributed by atoms with E-state index >= 15 is 0 Å². The Bertz CT molecular complexity index is 421. The number of hydrogen-bond donors (Lipinski definition) is 3. The number of hydrogen-bond acceptors (Lipinski definition) is 6. The summed E-state index contributed by atoms with van der Waals surface area (Å²) in [4.78, 5) is 6.29. The highest BCUT2D eigenvalue weighted by molar-refractivity contribution is 5.96. The molecular formula is C11H16N4O3. The maximum Gasteiger partial charge on any atom is 0.171 e. The average molecular weight is 252 g/mol. The summed E-state index contributed by atoms with van der Waals surface area (Å²) >= 11 is 0. The predicted octanol–water partition coefficient (Wildman–Crippen LogP) is -0.626. The lowest BCUT2D eigenvalue weighted by atomic mass is 10.2. The highest BCUT2D eigenvalue weighted by Crippen LogP contribution is 2.15. The molecule has 1 unspecified atom stereocenters. The van der Waals surface area contributed by atoms with Gasteiger partial charge in [0.25, 0.3) is 0 Å². The Kier molecular flexibility index (Phi) is 3.96. The van der Waals surface area contributed by atoms with Gasteiger partial charge in [0, 0.05) is 24.8 Å². The molecule has 0 bridgehead atoms. The maximum absolute atomic E-state index is 9.07. The van der Waals surface area contributed by atoms with Crippen molar-refractivity contribution >= 4 is 11.7 Å². The number of nitrogens with zero attached hydrogens (tertiary/aromatic N) is 3. The van der Waals surface area contributed by atoms with Crippen LogP contribution in [0.15, 0.2) is 23.5 Å². The minimum absolute atomic E-state index is 0.00129. The lowest BCUT2D eigenvalue weighted by Gasteiger charge is -2.32. The van der Waals surface area contributed by atoms with Crippen molar-refractivity contribution in [1.82, 2.24) is 4.98 Å². The Hall–Kier alpha value is -1.86. The fourth-order valence-electron chi connectivity index (χ4n) is 1.82. The summed E-state index contributed by atoms with van der Waals surface area (Å²) < 4.78 is 5.37. The number of rotatable bonds is 3. The zero-order valence-electron chi connectivity index (χ0n) is 9.86. The molecule has 98 valence electrons. The van der Waals surface area contributed by atoms with E-state index in [4.69, 9.17) is 20.8 Å². The second-order valence-corrected chi connectivity index (χ2v) is 4.01. The van der Waals surface area contributed by atoms with Crippen LogP contribution in [-0.2, 0) is 4.74 Å². The molecule has 2 heterocycles. The molecule has 0 radical (unpaired) electrons. The van der Waals surface area contributed by atoms with Crippen LogP contribution in [0.1, 0.15) is 5.56 Å². The molecular weight excluding hydrogens is 236 g/mol. The van der Waals surface area contributed by atoms with Crippen molar-refractivity contribution in [3.63, 3.8) is 0 Å². The maximum atomic E-state index is 9.07. The number of oxime groups is 1. The number of aliphatic hydroxyl groups excluding tert-OH is 1. The summed E-state index contributed by atoms with van der Waals surface area (Å²) in [5, 5.41) is 20.5. The zero-order valence-corrected chi connectivity index (χ0v) is 9.86. The van der Waals surface area contributed by atoms with Crippen molar-refractivity contribution in [2.45, 2.75) is 6.10 Å². The summed E-state index contributed by atoms with van der Waals surface area (Å²) in [6.07, 6.45) is 1.37. The summed E-state index contributed by atoms with van der Waals surface area (Å²) in [5.41, 5.74) is 6.02. The molecule has 0 aromatic carbocycles.